The van der Waals surface area contributed by atoms with Gasteiger partial charge in [-0.25, -0.2) is 9.97 Å². The molecule has 0 unspecified atom stereocenters. The molecule has 1 saturated heterocycles. The Hall–Kier alpha value is -2.84. The van der Waals surface area contributed by atoms with Crippen LogP contribution in [0.25, 0.3) is 20.7 Å². The van der Waals surface area contributed by atoms with Gasteiger partial charge in [-0.2, -0.15) is 0 Å². The molecule has 2 N–H and O–H groups in total. The van der Waals surface area contributed by atoms with Crippen molar-refractivity contribution in [1.29, 1.82) is 0 Å². The standard InChI is InChI=1S/C27H31N5OS/c1-2-31-12-14-32(15-13-31)17-20-8-10-22(11-9-20)25-16-23-26(34-25)27(29-19-28-23)30-24(18-33)21-6-4-3-5-7-21/h3-11,16,19,24,33H,2,12-15,17-18H2,1H3,(H,28,29,30)/t24-/m1/s1. The van der Waals surface area contributed by atoms with E-state index >= 15 is 0 Å². The molecule has 0 bridgehead atoms. The van der Waals surface area contributed by atoms with Gasteiger partial charge in [0.2, 0.25) is 0 Å². The maximum absolute atomic E-state index is 9.96. The number of aliphatic hydroxyl groups excluding tert-OH is 1. The number of fused-ring (bicyclic) bond motifs is 1. The summed E-state index contributed by atoms with van der Waals surface area (Å²) in [6.45, 7) is 8.97. The molecule has 2 aromatic heterocycles. The molecule has 6 nitrogen and oxygen atoms in total. The summed E-state index contributed by atoms with van der Waals surface area (Å²) in [4.78, 5) is 15.2. The highest BCUT2D eigenvalue weighted by Crippen LogP contribution is 2.36. The minimum Gasteiger partial charge on any atom is -0.394 e. The Morgan fingerprint density at radius 2 is 1.71 bits per heavy atom. The third-order valence-electron chi connectivity index (χ3n) is 6.56. The average Bonchev–Trinajstić information content (AvgIpc) is 3.34. The molecule has 5 rings (SSSR count). The number of aromatic nitrogens is 2. The van der Waals surface area contributed by atoms with Gasteiger partial charge in [0.05, 0.1) is 22.9 Å². The minimum atomic E-state index is -0.219. The number of aliphatic hydroxyl groups is 1. The first-order valence-corrected chi connectivity index (χ1v) is 12.8. The van der Waals surface area contributed by atoms with E-state index in [9.17, 15) is 5.11 Å². The molecule has 1 aliphatic rings. The molecule has 0 amide bonds. The van der Waals surface area contributed by atoms with E-state index in [1.807, 2.05) is 30.3 Å². The van der Waals surface area contributed by atoms with Crippen molar-refractivity contribution in [3.8, 4) is 10.4 Å². The van der Waals surface area contributed by atoms with Crippen molar-refractivity contribution in [3.05, 3.63) is 78.1 Å². The van der Waals surface area contributed by atoms with E-state index in [2.05, 4.69) is 62.3 Å². The van der Waals surface area contributed by atoms with Crippen molar-refractivity contribution < 1.29 is 5.11 Å². The van der Waals surface area contributed by atoms with E-state index in [1.54, 1.807) is 17.7 Å². The SMILES string of the molecule is CCN1CCN(Cc2ccc(-c3cc4ncnc(N[C@H](CO)c5ccccc5)c4s3)cc2)CC1. The fraction of sp³-hybridized carbons (Fsp3) is 0.333. The number of rotatable bonds is 8. The number of thiophene rings is 1. The zero-order valence-corrected chi connectivity index (χ0v) is 20.3. The lowest BCUT2D eigenvalue weighted by Crippen LogP contribution is -2.45. The second kappa shape index (κ2) is 10.6. The number of hydrogen-bond donors (Lipinski definition) is 2. The predicted octanol–water partition coefficient (Wildman–Crippen LogP) is 4.64. The highest BCUT2D eigenvalue weighted by molar-refractivity contribution is 7.22. The molecule has 34 heavy (non-hydrogen) atoms. The Kier molecular flexibility index (Phi) is 7.16. The van der Waals surface area contributed by atoms with E-state index in [4.69, 9.17) is 0 Å². The van der Waals surface area contributed by atoms with Gasteiger partial charge in [-0.15, -0.1) is 11.3 Å². The quantitative estimate of drug-likeness (QED) is 0.389. The first kappa shape index (κ1) is 22.9. The van der Waals surface area contributed by atoms with Crippen LogP contribution in [0.3, 0.4) is 0 Å². The molecule has 3 heterocycles. The number of likely N-dealkylation sites (N-methyl/N-ethyl adjacent to an activating group) is 1. The van der Waals surface area contributed by atoms with E-state index in [1.165, 1.54) is 16.0 Å². The first-order valence-electron chi connectivity index (χ1n) is 11.9. The van der Waals surface area contributed by atoms with Crippen LogP contribution in [0, 0.1) is 0 Å². The van der Waals surface area contributed by atoms with Crippen LogP contribution in [-0.2, 0) is 6.54 Å². The van der Waals surface area contributed by atoms with Crippen molar-refractivity contribution in [2.24, 2.45) is 0 Å². The predicted molar refractivity (Wildman–Crippen MR) is 140 cm³/mol. The molecular formula is C27H31N5OS. The number of nitrogens with zero attached hydrogens (tertiary/aromatic N) is 4. The lowest BCUT2D eigenvalue weighted by atomic mass is 10.1. The average molecular weight is 474 g/mol. The first-order chi connectivity index (χ1) is 16.7. The van der Waals surface area contributed by atoms with Gasteiger partial charge in [0.1, 0.15) is 12.1 Å². The van der Waals surface area contributed by atoms with Gasteiger partial charge >= 0.3 is 0 Å². The molecule has 0 aliphatic carbocycles. The van der Waals surface area contributed by atoms with E-state index in [-0.39, 0.29) is 12.6 Å². The maximum atomic E-state index is 9.96. The number of nitrogens with one attached hydrogen (secondary N) is 1. The molecular weight excluding hydrogens is 442 g/mol. The van der Waals surface area contributed by atoms with Crippen LogP contribution in [0.5, 0.6) is 0 Å². The summed E-state index contributed by atoms with van der Waals surface area (Å²) in [7, 11) is 0. The number of hydrogen-bond acceptors (Lipinski definition) is 7. The highest BCUT2D eigenvalue weighted by Gasteiger charge is 2.17. The second-order valence-electron chi connectivity index (χ2n) is 8.74. The van der Waals surface area contributed by atoms with E-state index < -0.39 is 0 Å². The van der Waals surface area contributed by atoms with Crippen LogP contribution in [-0.4, -0.2) is 64.2 Å². The Balaban J connectivity index is 1.32. The van der Waals surface area contributed by atoms with Crippen molar-refractivity contribution in [3.63, 3.8) is 0 Å². The molecule has 1 atom stereocenters. The molecule has 0 radical (unpaired) electrons. The molecule has 176 valence electrons. The minimum absolute atomic E-state index is 0.0112. The van der Waals surface area contributed by atoms with Crippen molar-refractivity contribution in [2.45, 2.75) is 19.5 Å². The second-order valence-corrected chi connectivity index (χ2v) is 9.80. The third-order valence-corrected chi connectivity index (χ3v) is 7.74. The van der Waals surface area contributed by atoms with Gasteiger partial charge in [-0.05, 0) is 29.3 Å². The van der Waals surface area contributed by atoms with Crippen LogP contribution in [0.1, 0.15) is 24.1 Å². The van der Waals surface area contributed by atoms with Crippen molar-refractivity contribution >= 4 is 27.4 Å². The van der Waals surface area contributed by atoms with Crippen LogP contribution in [0.2, 0.25) is 0 Å². The van der Waals surface area contributed by atoms with Crippen LogP contribution >= 0.6 is 11.3 Å². The summed E-state index contributed by atoms with van der Waals surface area (Å²) in [5.74, 6) is 0.756. The van der Waals surface area contributed by atoms with Crippen LogP contribution in [0.15, 0.2) is 67.0 Å². The van der Waals surface area contributed by atoms with Gasteiger partial charge < -0.3 is 15.3 Å². The molecule has 1 aliphatic heterocycles. The van der Waals surface area contributed by atoms with Crippen LogP contribution < -0.4 is 5.32 Å². The summed E-state index contributed by atoms with van der Waals surface area (Å²) >= 11 is 1.68. The highest BCUT2D eigenvalue weighted by atomic mass is 32.1. The summed E-state index contributed by atoms with van der Waals surface area (Å²) in [6, 6.07) is 20.8. The zero-order valence-electron chi connectivity index (χ0n) is 19.5. The summed E-state index contributed by atoms with van der Waals surface area (Å²) in [6.07, 6.45) is 1.59. The Labute approximate surface area is 204 Å². The molecule has 1 fully saturated rings. The topological polar surface area (TPSA) is 64.5 Å². The molecule has 4 aromatic rings. The van der Waals surface area contributed by atoms with Crippen molar-refractivity contribution in [1.82, 2.24) is 19.8 Å². The van der Waals surface area contributed by atoms with Gasteiger partial charge in [0.15, 0.2) is 0 Å². The number of benzene rings is 2. The monoisotopic (exact) mass is 473 g/mol. The number of piperazine rings is 1. The van der Waals surface area contributed by atoms with Gasteiger partial charge in [-0.1, -0.05) is 61.5 Å². The lowest BCUT2D eigenvalue weighted by Gasteiger charge is -2.34. The molecule has 2 aromatic carbocycles. The summed E-state index contributed by atoms with van der Waals surface area (Å²) in [5.41, 5.74) is 4.49. The molecule has 0 saturated carbocycles. The van der Waals surface area contributed by atoms with E-state index in [0.717, 1.165) is 60.9 Å². The fourth-order valence-electron chi connectivity index (χ4n) is 4.48. The zero-order chi connectivity index (χ0) is 23.3. The maximum Gasteiger partial charge on any atom is 0.148 e. The lowest BCUT2D eigenvalue weighted by molar-refractivity contribution is 0.132. The Morgan fingerprint density at radius 3 is 2.41 bits per heavy atom. The van der Waals surface area contributed by atoms with Crippen LogP contribution in [0.4, 0.5) is 5.82 Å². The molecule has 0 spiro atoms. The van der Waals surface area contributed by atoms with Gasteiger partial charge in [0, 0.05) is 37.6 Å². The number of anilines is 1. The molecule has 7 heteroatoms. The smallest absolute Gasteiger partial charge is 0.148 e. The third kappa shape index (κ3) is 5.13. The van der Waals surface area contributed by atoms with Gasteiger partial charge in [0.25, 0.3) is 0 Å². The normalized spacial score (nSPS) is 16.1. The Bertz CT molecular complexity index is 1200. The largest absolute Gasteiger partial charge is 0.394 e. The van der Waals surface area contributed by atoms with Crippen molar-refractivity contribution in [2.75, 3.05) is 44.6 Å². The van der Waals surface area contributed by atoms with E-state index in [0.29, 0.717) is 0 Å². The summed E-state index contributed by atoms with van der Waals surface area (Å²) in [5, 5.41) is 13.4. The fourth-order valence-corrected chi connectivity index (χ4v) is 5.55. The summed E-state index contributed by atoms with van der Waals surface area (Å²) < 4.78 is 1.00. The van der Waals surface area contributed by atoms with Gasteiger partial charge in [-0.3, -0.25) is 4.90 Å². The Morgan fingerprint density at radius 1 is 0.971 bits per heavy atom.